The lowest BCUT2D eigenvalue weighted by molar-refractivity contribution is 0.346. The number of fused-ring (bicyclic) bond motifs is 1. The first-order valence-electron chi connectivity index (χ1n) is 6.79. The van der Waals surface area contributed by atoms with Crippen LogP contribution in [0.2, 0.25) is 0 Å². The Morgan fingerprint density at radius 1 is 1.30 bits per heavy atom. The number of anilines is 1. The van der Waals surface area contributed by atoms with Crippen molar-refractivity contribution in [2.75, 3.05) is 5.73 Å². The zero-order valence-electron chi connectivity index (χ0n) is 11.5. The quantitative estimate of drug-likeness (QED) is 0.866. The summed E-state index contributed by atoms with van der Waals surface area (Å²) in [6.45, 7) is 4.23. The first-order chi connectivity index (χ1) is 9.47. The molecule has 2 atom stereocenters. The molecule has 0 spiro atoms. The molecule has 0 saturated heterocycles. The van der Waals surface area contributed by atoms with Gasteiger partial charge in [0.15, 0.2) is 0 Å². The number of aromatic nitrogens is 2. The summed E-state index contributed by atoms with van der Waals surface area (Å²) in [6.07, 6.45) is 1.82. The van der Waals surface area contributed by atoms with E-state index in [2.05, 4.69) is 18.8 Å². The van der Waals surface area contributed by atoms with Gasteiger partial charge in [-0.1, -0.05) is 6.92 Å². The summed E-state index contributed by atoms with van der Waals surface area (Å²) < 4.78 is 29.2. The second kappa shape index (κ2) is 4.58. The fourth-order valence-corrected chi connectivity index (χ4v) is 3.09. The maximum absolute atomic E-state index is 13.9. The van der Waals surface area contributed by atoms with E-state index in [1.165, 1.54) is 0 Å². The summed E-state index contributed by atoms with van der Waals surface area (Å²) in [5.74, 6) is 0.795. The van der Waals surface area contributed by atoms with Crippen molar-refractivity contribution in [3.05, 3.63) is 35.7 Å². The molecule has 2 heterocycles. The number of hydrogen-bond donors (Lipinski definition) is 1. The summed E-state index contributed by atoms with van der Waals surface area (Å²) in [4.78, 5) is 4.45. The third kappa shape index (κ3) is 1.97. The van der Waals surface area contributed by atoms with Crippen LogP contribution in [0.5, 0.6) is 0 Å². The standard InChI is InChI=1S/C15H17F2N3/c1-8-5-9(2)20-13(6-8)19-14(15(20)18)11-7-10(16)3-4-12(11)17/h3-4,7-9H,5-6,18H2,1-2H3. The molecule has 20 heavy (non-hydrogen) atoms. The number of benzene rings is 1. The van der Waals surface area contributed by atoms with Gasteiger partial charge in [0.1, 0.15) is 29.0 Å². The van der Waals surface area contributed by atoms with Crippen molar-refractivity contribution in [2.24, 2.45) is 5.92 Å². The molecule has 2 unspecified atom stereocenters. The average molecular weight is 277 g/mol. The van der Waals surface area contributed by atoms with Gasteiger partial charge in [-0.15, -0.1) is 0 Å². The number of nitrogens with two attached hydrogens (primary N) is 1. The predicted molar refractivity (Wildman–Crippen MR) is 74.2 cm³/mol. The maximum Gasteiger partial charge on any atom is 0.132 e. The third-order valence-corrected chi connectivity index (χ3v) is 3.92. The van der Waals surface area contributed by atoms with Gasteiger partial charge in [0.05, 0.1) is 0 Å². The first-order valence-corrected chi connectivity index (χ1v) is 6.79. The van der Waals surface area contributed by atoms with Crippen molar-refractivity contribution in [3.63, 3.8) is 0 Å². The highest BCUT2D eigenvalue weighted by molar-refractivity contribution is 5.71. The van der Waals surface area contributed by atoms with Crippen molar-refractivity contribution in [1.29, 1.82) is 0 Å². The molecule has 3 nitrogen and oxygen atoms in total. The summed E-state index contributed by atoms with van der Waals surface area (Å²) in [5.41, 5.74) is 6.60. The Hall–Kier alpha value is -1.91. The third-order valence-electron chi connectivity index (χ3n) is 3.92. The average Bonchev–Trinajstić information content (AvgIpc) is 2.69. The topological polar surface area (TPSA) is 43.8 Å². The molecule has 0 radical (unpaired) electrons. The van der Waals surface area contributed by atoms with Crippen LogP contribution in [0.25, 0.3) is 11.3 Å². The van der Waals surface area contributed by atoms with Crippen LogP contribution in [0.4, 0.5) is 14.6 Å². The Kier molecular flexibility index (Phi) is 3.00. The van der Waals surface area contributed by atoms with Gasteiger partial charge in [-0.2, -0.15) is 0 Å². The van der Waals surface area contributed by atoms with Crippen LogP contribution in [0.15, 0.2) is 18.2 Å². The largest absolute Gasteiger partial charge is 0.383 e. The Bertz CT molecular complexity index is 663. The van der Waals surface area contributed by atoms with Crippen molar-refractivity contribution in [2.45, 2.75) is 32.7 Å². The molecular weight excluding hydrogens is 260 g/mol. The zero-order valence-corrected chi connectivity index (χ0v) is 11.5. The molecule has 0 saturated carbocycles. The second-order valence-electron chi connectivity index (χ2n) is 5.65. The minimum Gasteiger partial charge on any atom is -0.383 e. The number of nitrogens with zero attached hydrogens (tertiary/aromatic N) is 2. The first kappa shape index (κ1) is 13.1. The van der Waals surface area contributed by atoms with Crippen LogP contribution in [0, 0.1) is 17.6 Å². The highest BCUT2D eigenvalue weighted by atomic mass is 19.1. The van der Waals surface area contributed by atoms with Crippen LogP contribution in [-0.2, 0) is 6.42 Å². The molecule has 1 aromatic heterocycles. The summed E-state index contributed by atoms with van der Waals surface area (Å²) in [6, 6.07) is 3.57. The van der Waals surface area contributed by atoms with Crippen molar-refractivity contribution in [3.8, 4) is 11.3 Å². The number of rotatable bonds is 1. The van der Waals surface area contributed by atoms with Gasteiger partial charge in [0, 0.05) is 18.0 Å². The Morgan fingerprint density at radius 2 is 2.05 bits per heavy atom. The molecule has 1 aromatic carbocycles. The Labute approximate surface area is 116 Å². The monoisotopic (exact) mass is 277 g/mol. The summed E-state index contributed by atoms with van der Waals surface area (Å²) in [5, 5.41) is 0. The zero-order chi connectivity index (χ0) is 14.4. The van der Waals surface area contributed by atoms with Gasteiger partial charge >= 0.3 is 0 Å². The molecular formula is C15H17F2N3. The lowest BCUT2D eigenvalue weighted by Crippen LogP contribution is -2.22. The maximum atomic E-state index is 13.9. The van der Waals surface area contributed by atoms with Crippen LogP contribution in [0.1, 0.15) is 32.1 Å². The van der Waals surface area contributed by atoms with Crippen molar-refractivity contribution < 1.29 is 8.78 Å². The fraction of sp³-hybridized carbons (Fsp3) is 0.400. The van der Waals surface area contributed by atoms with Gasteiger partial charge in [0.25, 0.3) is 0 Å². The Balaban J connectivity index is 2.17. The van der Waals surface area contributed by atoms with Crippen LogP contribution < -0.4 is 5.73 Å². The van der Waals surface area contributed by atoms with E-state index in [-0.39, 0.29) is 11.6 Å². The molecule has 2 aromatic rings. The van der Waals surface area contributed by atoms with Gasteiger partial charge < -0.3 is 10.3 Å². The normalized spacial score (nSPS) is 21.8. The van der Waals surface area contributed by atoms with E-state index in [4.69, 9.17) is 5.73 Å². The minimum absolute atomic E-state index is 0.129. The predicted octanol–water partition coefficient (Wildman–Crippen LogP) is 3.55. The highest BCUT2D eigenvalue weighted by Gasteiger charge is 2.27. The van der Waals surface area contributed by atoms with Gasteiger partial charge in [0.2, 0.25) is 0 Å². The van der Waals surface area contributed by atoms with E-state index < -0.39 is 11.6 Å². The molecule has 2 N–H and O–H groups in total. The molecule has 106 valence electrons. The number of halogens is 2. The van der Waals surface area contributed by atoms with E-state index in [1.807, 2.05) is 4.57 Å². The van der Waals surface area contributed by atoms with Gasteiger partial charge in [-0.3, -0.25) is 0 Å². The summed E-state index contributed by atoms with van der Waals surface area (Å²) in [7, 11) is 0. The SMILES string of the molecule is CC1Cc2nc(-c3cc(F)ccc3F)c(N)n2C(C)C1. The molecule has 1 aliphatic rings. The summed E-state index contributed by atoms with van der Waals surface area (Å²) >= 11 is 0. The molecule has 5 heteroatoms. The van der Waals surface area contributed by atoms with E-state index in [1.54, 1.807) is 0 Å². The fourth-order valence-electron chi connectivity index (χ4n) is 3.09. The minimum atomic E-state index is -0.505. The van der Waals surface area contributed by atoms with Crippen LogP contribution in [0.3, 0.4) is 0 Å². The molecule has 0 amide bonds. The van der Waals surface area contributed by atoms with E-state index in [9.17, 15) is 8.78 Å². The van der Waals surface area contributed by atoms with E-state index in [0.29, 0.717) is 17.4 Å². The lowest BCUT2D eigenvalue weighted by atomic mass is 9.95. The highest BCUT2D eigenvalue weighted by Crippen LogP contribution is 2.36. The molecule has 1 aliphatic heterocycles. The number of nitrogen functional groups attached to an aromatic ring is 1. The molecule has 0 bridgehead atoms. The molecule has 0 fully saturated rings. The van der Waals surface area contributed by atoms with E-state index in [0.717, 1.165) is 36.9 Å². The molecule has 0 aliphatic carbocycles. The van der Waals surface area contributed by atoms with Crippen LogP contribution in [-0.4, -0.2) is 9.55 Å². The van der Waals surface area contributed by atoms with Gasteiger partial charge in [-0.25, -0.2) is 13.8 Å². The second-order valence-corrected chi connectivity index (χ2v) is 5.65. The van der Waals surface area contributed by atoms with Crippen molar-refractivity contribution >= 4 is 5.82 Å². The number of hydrogen-bond acceptors (Lipinski definition) is 2. The number of imidazole rings is 1. The van der Waals surface area contributed by atoms with Crippen LogP contribution >= 0.6 is 0 Å². The van der Waals surface area contributed by atoms with Gasteiger partial charge in [-0.05, 0) is 37.5 Å². The lowest BCUT2D eigenvalue weighted by Gasteiger charge is -2.27. The smallest absolute Gasteiger partial charge is 0.132 e. The molecule has 3 rings (SSSR count). The Morgan fingerprint density at radius 3 is 2.80 bits per heavy atom. The van der Waals surface area contributed by atoms with Crippen molar-refractivity contribution in [1.82, 2.24) is 9.55 Å². The van der Waals surface area contributed by atoms with E-state index >= 15 is 0 Å².